The molecule has 0 aliphatic heterocycles. The molecule has 3 N–H and O–H groups in total. The number of carbonyl (C=O) groups excluding carboxylic acids is 1. The molecule has 1 aromatic rings. The number of nitriles is 2. The van der Waals surface area contributed by atoms with E-state index in [-0.39, 0.29) is 5.57 Å². The summed E-state index contributed by atoms with van der Waals surface area (Å²) in [6, 6.07) is 5.24. The van der Waals surface area contributed by atoms with Crippen LogP contribution in [0.1, 0.15) is 10.4 Å². The Kier molecular flexibility index (Phi) is 3.65. The number of nitrogens with zero attached hydrogens (tertiary/aromatic N) is 2. The molecule has 0 aromatic carbocycles. The lowest BCUT2D eigenvalue weighted by Gasteiger charge is -1.94. The van der Waals surface area contributed by atoms with Gasteiger partial charge in [-0.2, -0.15) is 10.5 Å². The molecule has 1 rings (SSSR count). The summed E-state index contributed by atoms with van der Waals surface area (Å²) in [6.07, 6.45) is 1.40. The number of nitrogens with one attached hydrogen (secondary N) is 1. The number of amides is 1. The van der Waals surface area contributed by atoms with Crippen LogP contribution >= 0.6 is 11.3 Å². The zero-order chi connectivity index (χ0) is 12.1. The number of nitrogens with two attached hydrogens (primary N) is 1. The molecule has 16 heavy (non-hydrogen) atoms. The molecule has 0 saturated heterocycles. The monoisotopic (exact) mass is 232 g/mol. The number of carbonyl (C=O) groups is 1. The van der Waals surface area contributed by atoms with Crippen molar-refractivity contribution in [3.05, 3.63) is 22.1 Å². The van der Waals surface area contributed by atoms with E-state index >= 15 is 0 Å². The molecule has 6 heteroatoms. The maximum absolute atomic E-state index is 11.2. The largest absolute Gasteiger partial charge is 0.389 e. The Morgan fingerprint density at radius 2 is 2.31 bits per heavy atom. The molecule has 0 atom stereocenters. The Morgan fingerprint density at radius 3 is 2.75 bits per heavy atom. The van der Waals surface area contributed by atoms with Crippen LogP contribution in [-0.4, -0.2) is 13.0 Å². The van der Waals surface area contributed by atoms with E-state index in [1.54, 1.807) is 12.1 Å². The van der Waals surface area contributed by atoms with E-state index in [2.05, 4.69) is 5.32 Å². The fourth-order valence-corrected chi connectivity index (χ4v) is 1.83. The van der Waals surface area contributed by atoms with Crippen LogP contribution in [0.4, 0.5) is 5.00 Å². The SMILES string of the molecule is CNC(=O)C(C#N)=Cc1cc(C#N)c(N)s1. The first-order valence-electron chi connectivity index (χ1n) is 4.25. The van der Waals surface area contributed by atoms with Gasteiger partial charge in [-0.3, -0.25) is 4.79 Å². The number of anilines is 1. The van der Waals surface area contributed by atoms with Crippen molar-refractivity contribution in [1.82, 2.24) is 5.32 Å². The van der Waals surface area contributed by atoms with Gasteiger partial charge >= 0.3 is 0 Å². The molecule has 0 aliphatic rings. The minimum atomic E-state index is -0.465. The lowest BCUT2D eigenvalue weighted by Crippen LogP contribution is -2.18. The van der Waals surface area contributed by atoms with Crippen LogP contribution in [-0.2, 0) is 4.79 Å². The van der Waals surface area contributed by atoms with Crippen molar-refractivity contribution in [3.63, 3.8) is 0 Å². The number of hydrogen-bond donors (Lipinski definition) is 2. The third kappa shape index (κ3) is 2.38. The number of rotatable bonds is 2. The second kappa shape index (κ2) is 4.96. The summed E-state index contributed by atoms with van der Waals surface area (Å²) in [5, 5.41) is 20.2. The molecule has 1 aromatic heterocycles. The van der Waals surface area contributed by atoms with Gasteiger partial charge in [0.15, 0.2) is 0 Å². The smallest absolute Gasteiger partial charge is 0.261 e. The van der Waals surface area contributed by atoms with Crippen molar-refractivity contribution in [1.29, 1.82) is 10.5 Å². The average Bonchev–Trinajstić information content (AvgIpc) is 2.65. The molecule has 0 bridgehead atoms. The van der Waals surface area contributed by atoms with Crippen LogP contribution in [0.5, 0.6) is 0 Å². The normalized spacial score (nSPS) is 10.3. The summed E-state index contributed by atoms with van der Waals surface area (Å²) >= 11 is 1.16. The molecule has 1 heterocycles. The van der Waals surface area contributed by atoms with E-state index in [9.17, 15) is 4.79 Å². The highest BCUT2D eigenvalue weighted by Crippen LogP contribution is 2.26. The van der Waals surface area contributed by atoms with E-state index in [0.29, 0.717) is 15.4 Å². The minimum absolute atomic E-state index is 0.0201. The standard InChI is InChI=1S/C10H8N4OS/c1-14-10(15)7(5-12)3-8-2-6(4-11)9(13)16-8/h2-3H,13H2,1H3,(H,14,15). The van der Waals surface area contributed by atoms with Crippen molar-refractivity contribution < 1.29 is 4.79 Å². The van der Waals surface area contributed by atoms with E-state index < -0.39 is 5.91 Å². The molecule has 0 radical (unpaired) electrons. The lowest BCUT2D eigenvalue weighted by atomic mass is 10.2. The quantitative estimate of drug-likeness (QED) is 0.582. The third-order valence-electron chi connectivity index (χ3n) is 1.78. The highest BCUT2D eigenvalue weighted by atomic mass is 32.1. The van der Waals surface area contributed by atoms with Gasteiger partial charge in [-0.05, 0) is 12.1 Å². The van der Waals surface area contributed by atoms with Crippen LogP contribution in [0.25, 0.3) is 6.08 Å². The van der Waals surface area contributed by atoms with Crippen LogP contribution in [0.15, 0.2) is 11.6 Å². The van der Waals surface area contributed by atoms with Gasteiger partial charge in [0.05, 0.1) is 5.56 Å². The molecular formula is C10H8N4OS. The molecule has 0 saturated carbocycles. The topological polar surface area (TPSA) is 103 Å². The van der Waals surface area contributed by atoms with Gasteiger partial charge in [-0.1, -0.05) is 0 Å². The maximum Gasteiger partial charge on any atom is 0.261 e. The van der Waals surface area contributed by atoms with Gasteiger partial charge in [-0.25, -0.2) is 0 Å². The number of hydrogen-bond acceptors (Lipinski definition) is 5. The van der Waals surface area contributed by atoms with Gasteiger partial charge in [-0.15, -0.1) is 11.3 Å². The van der Waals surface area contributed by atoms with Crippen LogP contribution in [0.2, 0.25) is 0 Å². The van der Waals surface area contributed by atoms with Gasteiger partial charge < -0.3 is 11.1 Å². The fourth-order valence-electron chi connectivity index (χ4n) is 1.01. The minimum Gasteiger partial charge on any atom is -0.389 e. The summed E-state index contributed by atoms with van der Waals surface area (Å²) in [6.45, 7) is 0. The summed E-state index contributed by atoms with van der Waals surface area (Å²) in [5.74, 6) is -0.465. The van der Waals surface area contributed by atoms with Crippen molar-refractivity contribution in [3.8, 4) is 12.1 Å². The second-order valence-electron chi connectivity index (χ2n) is 2.79. The molecular weight excluding hydrogens is 224 g/mol. The van der Waals surface area contributed by atoms with Crippen molar-refractivity contribution in [2.45, 2.75) is 0 Å². The highest BCUT2D eigenvalue weighted by molar-refractivity contribution is 7.17. The second-order valence-corrected chi connectivity index (χ2v) is 3.90. The molecule has 5 nitrogen and oxygen atoms in total. The third-order valence-corrected chi connectivity index (χ3v) is 2.69. The summed E-state index contributed by atoms with van der Waals surface area (Å²) < 4.78 is 0. The van der Waals surface area contributed by atoms with Gasteiger partial charge in [0.2, 0.25) is 0 Å². The van der Waals surface area contributed by atoms with Crippen LogP contribution in [0, 0.1) is 22.7 Å². The Balaban J connectivity index is 3.12. The predicted octanol–water partition coefficient (Wildman–Crippen LogP) is 0.855. The van der Waals surface area contributed by atoms with Crippen LogP contribution in [0.3, 0.4) is 0 Å². The molecule has 80 valence electrons. The molecule has 1 amide bonds. The van der Waals surface area contributed by atoms with E-state index in [0.717, 1.165) is 11.3 Å². The maximum atomic E-state index is 11.2. The fraction of sp³-hybridized carbons (Fsp3) is 0.100. The van der Waals surface area contributed by atoms with E-state index in [1.165, 1.54) is 13.1 Å². The van der Waals surface area contributed by atoms with Gasteiger partial charge in [0.1, 0.15) is 22.7 Å². The van der Waals surface area contributed by atoms with E-state index in [1.807, 2.05) is 6.07 Å². The van der Waals surface area contributed by atoms with Crippen molar-refractivity contribution in [2.75, 3.05) is 12.8 Å². The predicted molar refractivity (Wildman–Crippen MR) is 61.1 cm³/mol. The summed E-state index contributed by atoms with van der Waals surface area (Å²) in [7, 11) is 1.44. The molecule has 0 aliphatic carbocycles. The summed E-state index contributed by atoms with van der Waals surface area (Å²) in [4.78, 5) is 11.8. The van der Waals surface area contributed by atoms with E-state index in [4.69, 9.17) is 16.3 Å². The van der Waals surface area contributed by atoms with Crippen molar-refractivity contribution >= 4 is 28.3 Å². The first-order valence-corrected chi connectivity index (χ1v) is 5.07. The zero-order valence-corrected chi connectivity index (χ0v) is 9.26. The van der Waals surface area contributed by atoms with Crippen LogP contribution < -0.4 is 11.1 Å². The Bertz CT molecular complexity index is 530. The Morgan fingerprint density at radius 1 is 1.62 bits per heavy atom. The first kappa shape index (κ1) is 11.8. The zero-order valence-electron chi connectivity index (χ0n) is 8.44. The van der Waals surface area contributed by atoms with Gasteiger partial charge in [0.25, 0.3) is 5.91 Å². The number of likely N-dealkylation sites (N-methyl/N-ethyl adjacent to an activating group) is 1. The number of thiophene rings is 1. The number of nitrogen functional groups attached to an aromatic ring is 1. The first-order chi connectivity index (χ1) is 7.62. The lowest BCUT2D eigenvalue weighted by molar-refractivity contribution is -0.116. The molecule has 0 unspecified atom stereocenters. The Hall–Kier alpha value is -2.31. The Labute approximate surface area is 96.4 Å². The highest BCUT2D eigenvalue weighted by Gasteiger charge is 2.09. The van der Waals surface area contributed by atoms with Gasteiger partial charge in [0, 0.05) is 11.9 Å². The average molecular weight is 232 g/mol. The van der Waals surface area contributed by atoms with Crippen molar-refractivity contribution in [2.24, 2.45) is 0 Å². The summed E-state index contributed by atoms with van der Waals surface area (Å²) in [5.41, 5.74) is 5.89. The molecule has 0 spiro atoms. The molecule has 0 fully saturated rings.